The summed E-state index contributed by atoms with van der Waals surface area (Å²) in [6.07, 6.45) is 0. The van der Waals surface area contributed by atoms with E-state index in [0.29, 0.717) is 5.75 Å². The van der Waals surface area contributed by atoms with Gasteiger partial charge in [0.15, 0.2) is 11.0 Å². The van der Waals surface area contributed by atoms with Crippen LogP contribution in [0.1, 0.15) is 0 Å². The Morgan fingerprint density at radius 2 is 1.63 bits per heavy atom. The lowest BCUT2D eigenvalue weighted by Gasteiger charge is -2.26. The van der Waals surface area contributed by atoms with Crippen LogP contribution in [0.15, 0.2) is 65.8 Å². The van der Waals surface area contributed by atoms with Crippen molar-refractivity contribution in [3.05, 3.63) is 60.7 Å². The van der Waals surface area contributed by atoms with Crippen LogP contribution in [0.4, 0.5) is 0 Å². The van der Waals surface area contributed by atoms with E-state index in [-0.39, 0.29) is 5.91 Å². The van der Waals surface area contributed by atoms with Crippen molar-refractivity contribution in [2.24, 2.45) is 0 Å². The van der Waals surface area contributed by atoms with Gasteiger partial charge in [-0.2, -0.15) is 11.8 Å². The molecule has 1 amide bonds. The van der Waals surface area contributed by atoms with Crippen molar-refractivity contribution in [2.75, 3.05) is 30.3 Å². The quantitative estimate of drug-likeness (QED) is 0.617. The molecule has 5 nitrogen and oxygen atoms in total. The van der Waals surface area contributed by atoms with E-state index in [9.17, 15) is 4.79 Å². The summed E-state index contributed by atoms with van der Waals surface area (Å²) in [7, 11) is 0. The van der Waals surface area contributed by atoms with Crippen LogP contribution in [-0.2, 0) is 4.79 Å². The molecule has 1 aromatic heterocycles. The smallest absolute Gasteiger partial charge is 0.233 e. The maximum atomic E-state index is 12.5. The summed E-state index contributed by atoms with van der Waals surface area (Å²) in [4.78, 5) is 14.5. The number of carbonyl (C=O) groups excluding carboxylic acids is 1. The fourth-order valence-corrected chi connectivity index (χ4v) is 4.74. The number of para-hydroxylation sites is 1. The van der Waals surface area contributed by atoms with E-state index < -0.39 is 0 Å². The van der Waals surface area contributed by atoms with Crippen molar-refractivity contribution >= 4 is 29.4 Å². The Kier molecular flexibility index (Phi) is 5.79. The fourth-order valence-electron chi connectivity index (χ4n) is 2.98. The van der Waals surface area contributed by atoms with Gasteiger partial charge in [0.05, 0.1) is 5.75 Å². The monoisotopic (exact) mass is 396 g/mol. The van der Waals surface area contributed by atoms with Gasteiger partial charge in [-0.1, -0.05) is 60.3 Å². The molecule has 0 bridgehead atoms. The number of hydrogen-bond acceptors (Lipinski definition) is 5. The van der Waals surface area contributed by atoms with Crippen LogP contribution in [-0.4, -0.2) is 55.9 Å². The molecule has 0 spiro atoms. The molecule has 3 aromatic rings. The lowest BCUT2D eigenvalue weighted by Crippen LogP contribution is -2.39. The molecule has 1 aliphatic heterocycles. The van der Waals surface area contributed by atoms with Crippen LogP contribution in [0.5, 0.6) is 0 Å². The Balaban J connectivity index is 1.61. The van der Waals surface area contributed by atoms with E-state index in [1.165, 1.54) is 11.8 Å². The number of thioether (sulfide) groups is 2. The Labute approximate surface area is 167 Å². The first kappa shape index (κ1) is 18.1. The largest absolute Gasteiger partial charge is 0.340 e. The van der Waals surface area contributed by atoms with E-state index >= 15 is 0 Å². The van der Waals surface area contributed by atoms with E-state index in [0.717, 1.165) is 46.8 Å². The highest BCUT2D eigenvalue weighted by Crippen LogP contribution is 2.28. The van der Waals surface area contributed by atoms with Crippen LogP contribution >= 0.6 is 23.5 Å². The van der Waals surface area contributed by atoms with Gasteiger partial charge in [-0.25, -0.2) is 0 Å². The van der Waals surface area contributed by atoms with Crippen molar-refractivity contribution in [1.82, 2.24) is 19.7 Å². The molecule has 2 aromatic carbocycles. The van der Waals surface area contributed by atoms with E-state index in [1.54, 1.807) is 0 Å². The highest BCUT2D eigenvalue weighted by molar-refractivity contribution is 8.00. The first-order valence-corrected chi connectivity index (χ1v) is 11.0. The first-order chi connectivity index (χ1) is 13.3. The SMILES string of the molecule is O=C(CSc1nnc(-c2ccccc2)n1-c1ccccc1)N1CCSCC1. The number of amides is 1. The molecule has 0 saturated carbocycles. The van der Waals surface area contributed by atoms with Gasteiger partial charge in [0.1, 0.15) is 0 Å². The third-order valence-corrected chi connectivity index (χ3v) is 6.22. The second-order valence-electron chi connectivity index (χ2n) is 6.13. The van der Waals surface area contributed by atoms with Gasteiger partial charge in [0.2, 0.25) is 5.91 Å². The lowest BCUT2D eigenvalue weighted by atomic mass is 10.2. The minimum absolute atomic E-state index is 0.171. The molecule has 7 heteroatoms. The number of carbonyl (C=O) groups is 1. The van der Waals surface area contributed by atoms with E-state index in [1.807, 2.05) is 81.9 Å². The van der Waals surface area contributed by atoms with Crippen molar-refractivity contribution in [3.8, 4) is 17.1 Å². The molecule has 4 rings (SSSR count). The summed E-state index contributed by atoms with van der Waals surface area (Å²) in [5.41, 5.74) is 1.99. The van der Waals surface area contributed by atoms with Crippen LogP contribution < -0.4 is 0 Å². The zero-order valence-electron chi connectivity index (χ0n) is 14.8. The Morgan fingerprint density at radius 3 is 2.33 bits per heavy atom. The normalized spacial score (nSPS) is 14.3. The average Bonchev–Trinajstić information content (AvgIpc) is 3.18. The molecule has 1 fully saturated rings. The van der Waals surface area contributed by atoms with Gasteiger partial charge in [0, 0.05) is 35.8 Å². The number of nitrogens with zero attached hydrogens (tertiary/aromatic N) is 4. The molecule has 0 radical (unpaired) electrons. The summed E-state index contributed by atoms with van der Waals surface area (Å²) in [5, 5.41) is 9.54. The zero-order chi connectivity index (χ0) is 18.5. The van der Waals surface area contributed by atoms with Crippen LogP contribution in [0.2, 0.25) is 0 Å². The molecule has 0 aliphatic carbocycles. The van der Waals surface area contributed by atoms with Gasteiger partial charge in [0.25, 0.3) is 0 Å². The zero-order valence-corrected chi connectivity index (χ0v) is 16.5. The summed E-state index contributed by atoms with van der Waals surface area (Å²) < 4.78 is 2.03. The highest BCUT2D eigenvalue weighted by Gasteiger charge is 2.20. The molecule has 0 unspecified atom stereocenters. The first-order valence-electron chi connectivity index (χ1n) is 8.87. The highest BCUT2D eigenvalue weighted by atomic mass is 32.2. The number of rotatable bonds is 5. The fraction of sp³-hybridized carbons (Fsp3) is 0.250. The average molecular weight is 397 g/mol. The van der Waals surface area contributed by atoms with Crippen molar-refractivity contribution in [1.29, 1.82) is 0 Å². The summed E-state index contributed by atoms with van der Waals surface area (Å²) in [5.74, 6) is 3.38. The molecule has 27 heavy (non-hydrogen) atoms. The number of benzene rings is 2. The lowest BCUT2D eigenvalue weighted by molar-refractivity contribution is -0.127. The maximum Gasteiger partial charge on any atom is 0.233 e. The standard InChI is InChI=1S/C20H20N4OS2/c25-18(23-11-13-26-14-12-23)15-27-20-22-21-19(16-7-3-1-4-8-16)24(20)17-9-5-2-6-10-17/h1-10H,11-15H2. The minimum atomic E-state index is 0.171. The molecule has 1 aliphatic rings. The molecular formula is C20H20N4OS2. The maximum absolute atomic E-state index is 12.5. The molecule has 1 saturated heterocycles. The van der Waals surface area contributed by atoms with Crippen molar-refractivity contribution in [3.63, 3.8) is 0 Å². The van der Waals surface area contributed by atoms with E-state index in [2.05, 4.69) is 10.2 Å². The topological polar surface area (TPSA) is 51.0 Å². The number of hydrogen-bond donors (Lipinski definition) is 0. The van der Waals surface area contributed by atoms with Crippen LogP contribution in [0.3, 0.4) is 0 Å². The summed E-state index contributed by atoms with van der Waals surface area (Å²) >= 11 is 3.35. The minimum Gasteiger partial charge on any atom is -0.340 e. The predicted octanol–water partition coefficient (Wildman–Crippen LogP) is 3.60. The third kappa shape index (κ3) is 4.20. The summed E-state index contributed by atoms with van der Waals surface area (Å²) in [6, 6.07) is 20.0. The number of aromatic nitrogens is 3. The van der Waals surface area contributed by atoms with Crippen LogP contribution in [0.25, 0.3) is 17.1 Å². The second kappa shape index (κ2) is 8.63. The van der Waals surface area contributed by atoms with Gasteiger partial charge in [-0.05, 0) is 12.1 Å². The van der Waals surface area contributed by atoms with Gasteiger partial charge < -0.3 is 4.90 Å². The van der Waals surface area contributed by atoms with Gasteiger partial charge >= 0.3 is 0 Å². The Morgan fingerprint density at radius 1 is 0.963 bits per heavy atom. The van der Waals surface area contributed by atoms with Gasteiger partial charge in [-0.15, -0.1) is 10.2 Å². The van der Waals surface area contributed by atoms with Crippen LogP contribution in [0, 0.1) is 0 Å². The van der Waals surface area contributed by atoms with E-state index in [4.69, 9.17) is 0 Å². The Bertz CT molecular complexity index is 893. The molecule has 0 N–H and O–H groups in total. The van der Waals surface area contributed by atoms with Gasteiger partial charge in [-0.3, -0.25) is 9.36 Å². The van der Waals surface area contributed by atoms with Crippen molar-refractivity contribution in [2.45, 2.75) is 5.16 Å². The summed E-state index contributed by atoms with van der Waals surface area (Å²) in [6.45, 7) is 1.68. The van der Waals surface area contributed by atoms with Crippen molar-refractivity contribution < 1.29 is 4.79 Å². The molecule has 138 valence electrons. The predicted molar refractivity (Wildman–Crippen MR) is 111 cm³/mol. The second-order valence-corrected chi connectivity index (χ2v) is 8.29. The molecule has 0 atom stereocenters. The third-order valence-electron chi connectivity index (χ3n) is 4.37. The molecule has 2 heterocycles. The molecular weight excluding hydrogens is 376 g/mol. The Hall–Kier alpha value is -2.25.